The second-order valence-electron chi connectivity index (χ2n) is 10.1. The molecule has 3 heterocycles. The minimum Gasteiger partial charge on any atom is -0.353 e. The highest BCUT2D eigenvalue weighted by atomic mass is 35.5. The molecule has 11 heteroatoms. The summed E-state index contributed by atoms with van der Waals surface area (Å²) in [6.07, 6.45) is 0.523. The number of rotatable bonds is 5. The third kappa shape index (κ3) is 7.21. The van der Waals surface area contributed by atoms with Crippen molar-refractivity contribution in [3.05, 3.63) is 11.2 Å². The van der Waals surface area contributed by atoms with Crippen molar-refractivity contribution in [3.63, 3.8) is 0 Å². The lowest BCUT2D eigenvalue weighted by Crippen LogP contribution is -2.54. The summed E-state index contributed by atoms with van der Waals surface area (Å²) < 4.78 is 0. The van der Waals surface area contributed by atoms with Crippen molar-refractivity contribution in [1.29, 1.82) is 0 Å². The van der Waals surface area contributed by atoms with Gasteiger partial charge in [0.05, 0.1) is 5.75 Å². The molecule has 2 fully saturated rings. The van der Waals surface area contributed by atoms with Crippen LogP contribution in [-0.4, -0.2) is 100.0 Å². The van der Waals surface area contributed by atoms with Crippen molar-refractivity contribution in [2.45, 2.75) is 52.2 Å². The Balaban J connectivity index is 1.56. The molecule has 1 aromatic heterocycles. The molecule has 0 spiro atoms. The van der Waals surface area contributed by atoms with E-state index >= 15 is 0 Å². The van der Waals surface area contributed by atoms with Gasteiger partial charge in [-0.25, -0.2) is 9.97 Å². The maximum absolute atomic E-state index is 12.7. The van der Waals surface area contributed by atoms with E-state index in [4.69, 9.17) is 11.6 Å². The van der Waals surface area contributed by atoms with Crippen LogP contribution >= 0.6 is 23.4 Å². The Hall–Kier alpha value is -2.07. The number of hydrogen-bond acceptors (Lipinski definition) is 7. The summed E-state index contributed by atoms with van der Waals surface area (Å²) in [7, 11) is 0. The van der Waals surface area contributed by atoms with Gasteiger partial charge in [-0.3, -0.25) is 14.4 Å². The Labute approximate surface area is 211 Å². The number of halogens is 1. The second-order valence-corrected chi connectivity index (χ2v) is 11.5. The van der Waals surface area contributed by atoms with E-state index < -0.39 is 0 Å². The molecule has 2 aliphatic rings. The Kier molecular flexibility index (Phi) is 8.67. The van der Waals surface area contributed by atoms with Gasteiger partial charge in [-0.15, -0.1) is 0 Å². The predicted octanol–water partition coefficient (Wildman–Crippen LogP) is 2.39. The van der Waals surface area contributed by atoms with Gasteiger partial charge >= 0.3 is 0 Å². The number of aromatic nitrogens is 2. The van der Waals surface area contributed by atoms with Crippen LogP contribution in [0.15, 0.2) is 11.2 Å². The standard InChI is InChI=1S/C23H35ClN6O3S/c1-16-14-29(10-11-30(16)20(32)13-23(3,4)5)19-12-18(24)25-22(26-19)34-15-21(33)28-8-6-27(7-9-28)17(2)31/h12,16H,6-11,13-15H2,1-5H3. The first-order valence-corrected chi connectivity index (χ1v) is 13.0. The molecule has 9 nitrogen and oxygen atoms in total. The lowest BCUT2D eigenvalue weighted by atomic mass is 9.91. The van der Waals surface area contributed by atoms with E-state index in [-0.39, 0.29) is 34.9 Å². The van der Waals surface area contributed by atoms with Crippen LogP contribution in [0.1, 0.15) is 41.0 Å². The molecule has 3 rings (SSSR count). The fraction of sp³-hybridized carbons (Fsp3) is 0.696. The number of thioether (sulfide) groups is 1. The lowest BCUT2D eigenvalue weighted by Gasteiger charge is -2.41. The first-order valence-electron chi connectivity index (χ1n) is 11.7. The Bertz CT molecular complexity index is 916. The molecule has 2 aliphatic heterocycles. The molecule has 0 saturated carbocycles. The van der Waals surface area contributed by atoms with E-state index in [9.17, 15) is 14.4 Å². The maximum atomic E-state index is 12.7. The van der Waals surface area contributed by atoms with Crippen LogP contribution in [-0.2, 0) is 14.4 Å². The normalized spacial score (nSPS) is 19.4. The predicted molar refractivity (Wildman–Crippen MR) is 134 cm³/mol. The van der Waals surface area contributed by atoms with Crippen molar-refractivity contribution in [1.82, 2.24) is 24.7 Å². The number of hydrogen-bond donors (Lipinski definition) is 0. The molecule has 3 amide bonds. The van der Waals surface area contributed by atoms with E-state index in [0.717, 1.165) is 0 Å². The Morgan fingerprint density at radius 2 is 1.68 bits per heavy atom. The van der Waals surface area contributed by atoms with Crippen LogP contribution in [0.2, 0.25) is 5.15 Å². The van der Waals surface area contributed by atoms with E-state index in [0.29, 0.717) is 68.4 Å². The first-order chi connectivity index (χ1) is 15.9. The topological polar surface area (TPSA) is 90.0 Å². The van der Waals surface area contributed by atoms with Gasteiger partial charge in [0.2, 0.25) is 17.7 Å². The first kappa shape index (κ1) is 26.5. The number of carbonyl (C=O) groups excluding carboxylic acids is 3. The van der Waals surface area contributed by atoms with Gasteiger partial charge in [-0.2, -0.15) is 0 Å². The minimum atomic E-state index is -0.0430. The smallest absolute Gasteiger partial charge is 0.233 e. The molecular weight excluding hydrogens is 476 g/mol. The summed E-state index contributed by atoms with van der Waals surface area (Å²) in [4.78, 5) is 53.3. The second kappa shape index (κ2) is 11.1. The number of carbonyl (C=O) groups is 3. The molecule has 0 aromatic carbocycles. The monoisotopic (exact) mass is 510 g/mol. The SMILES string of the molecule is CC(=O)N1CCN(C(=O)CSc2nc(Cl)cc(N3CCN(C(=O)CC(C)(C)C)C(C)C3)n2)CC1. The van der Waals surface area contributed by atoms with Crippen LogP contribution in [0.3, 0.4) is 0 Å². The molecule has 1 unspecified atom stereocenters. The summed E-state index contributed by atoms with van der Waals surface area (Å²) >= 11 is 7.54. The van der Waals surface area contributed by atoms with Crippen molar-refractivity contribution >= 4 is 46.9 Å². The third-order valence-electron chi connectivity index (χ3n) is 6.02. The Morgan fingerprint density at radius 1 is 1.03 bits per heavy atom. The molecule has 0 bridgehead atoms. The number of anilines is 1. The highest BCUT2D eigenvalue weighted by Crippen LogP contribution is 2.26. The van der Waals surface area contributed by atoms with Gasteiger partial charge in [0.25, 0.3) is 0 Å². The molecule has 34 heavy (non-hydrogen) atoms. The van der Waals surface area contributed by atoms with Crippen molar-refractivity contribution in [2.75, 3.05) is 56.5 Å². The summed E-state index contributed by atoms with van der Waals surface area (Å²) in [5.74, 6) is 1.14. The highest BCUT2D eigenvalue weighted by molar-refractivity contribution is 7.99. The molecule has 0 aliphatic carbocycles. The van der Waals surface area contributed by atoms with Crippen LogP contribution in [0.25, 0.3) is 0 Å². The third-order valence-corrected chi connectivity index (χ3v) is 7.04. The minimum absolute atomic E-state index is 0.00192. The summed E-state index contributed by atoms with van der Waals surface area (Å²) in [5.41, 5.74) is -0.0430. The van der Waals surface area contributed by atoms with Crippen LogP contribution in [0, 0.1) is 5.41 Å². The molecule has 1 atom stereocenters. The van der Waals surface area contributed by atoms with Crippen molar-refractivity contribution in [2.24, 2.45) is 5.41 Å². The maximum Gasteiger partial charge on any atom is 0.233 e. The number of piperazine rings is 2. The van der Waals surface area contributed by atoms with Gasteiger partial charge in [-0.05, 0) is 12.3 Å². The summed E-state index contributed by atoms with van der Waals surface area (Å²) in [5, 5.41) is 0.783. The van der Waals surface area contributed by atoms with Gasteiger partial charge in [0.1, 0.15) is 11.0 Å². The largest absolute Gasteiger partial charge is 0.353 e. The van der Waals surface area contributed by atoms with Crippen molar-refractivity contribution in [3.8, 4) is 0 Å². The average molecular weight is 511 g/mol. The molecular formula is C23H35ClN6O3S. The van der Waals surface area contributed by atoms with Gasteiger partial charge in [0, 0.05) is 71.3 Å². The summed E-state index contributed by atoms with van der Waals surface area (Å²) in [6, 6.07) is 1.79. The molecule has 0 radical (unpaired) electrons. The molecule has 0 N–H and O–H groups in total. The summed E-state index contributed by atoms with van der Waals surface area (Å²) in [6.45, 7) is 14.0. The fourth-order valence-electron chi connectivity index (χ4n) is 4.19. The zero-order chi connectivity index (χ0) is 25.0. The lowest BCUT2D eigenvalue weighted by molar-refractivity contribution is -0.136. The van der Waals surface area contributed by atoms with Crippen LogP contribution < -0.4 is 4.90 Å². The highest BCUT2D eigenvalue weighted by Gasteiger charge is 2.30. The molecule has 188 valence electrons. The van der Waals surface area contributed by atoms with Gasteiger partial charge in [0.15, 0.2) is 5.16 Å². The van der Waals surface area contributed by atoms with E-state index in [2.05, 4.69) is 42.6 Å². The zero-order valence-electron chi connectivity index (χ0n) is 20.7. The average Bonchev–Trinajstić information content (AvgIpc) is 2.75. The fourth-order valence-corrected chi connectivity index (χ4v) is 5.18. The number of nitrogens with zero attached hydrogens (tertiary/aromatic N) is 6. The van der Waals surface area contributed by atoms with E-state index in [1.165, 1.54) is 11.8 Å². The number of amides is 3. The van der Waals surface area contributed by atoms with Crippen LogP contribution in [0.5, 0.6) is 0 Å². The van der Waals surface area contributed by atoms with E-state index in [1.54, 1.807) is 22.8 Å². The van der Waals surface area contributed by atoms with Gasteiger partial charge in [-0.1, -0.05) is 44.1 Å². The molecule has 2 saturated heterocycles. The molecule has 1 aromatic rings. The van der Waals surface area contributed by atoms with Gasteiger partial charge < -0.3 is 19.6 Å². The van der Waals surface area contributed by atoms with E-state index in [1.807, 2.05) is 4.90 Å². The Morgan fingerprint density at radius 3 is 2.26 bits per heavy atom. The zero-order valence-corrected chi connectivity index (χ0v) is 22.3. The van der Waals surface area contributed by atoms with Crippen molar-refractivity contribution < 1.29 is 14.4 Å². The quantitative estimate of drug-likeness (QED) is 0.341. The van der Waals surface area contributed by atoms with Crippen LogP contribution in [0.4, 0.5) is 5.82 Å².